The Hall–Kier alpha value is -2.95. The van der Waals surface area contributed by atoms with Crippen LogP contribution in [0.15, 0.2) is 17.2 Å². The molecule has 1 aliphatic carbocycles. The second-order valence-electron chi connectivity index (χ2n) is 6.60. The molecular weight excluding hydrogens is 320 g/mol. The predicted molar refractivity (Wildman–Crippen MR) is 90.1 cm³/mol. The van der Waals surface area contributed by atoms with E-state index in [1.54, 1.807) is 6.20 Å². The number of aromatic nitrogens is 4. The Labute approximate surface area is 143 Å². The summed E-state index contributed by atoms with van der Waals surface area (Å²) in [5.74, 6) is 0.657. The fraction of sp³-hybridized carbons (Fsp3) is 0.471. The van der Waals surface area contributed by atoms with Crippen molar-refractivity contribution in [3.8, 4) is 17.3 Å². The van der Waals surface area contributed by atoms with Crippen molar-refractivity contribution in [3.05, 3.63) is 28.4 Å². The third-order valence-corrected chi connectivity index (χ3v) is 5.10. The second kappa shape index (κ2) is 6.16. The van der Waals surface area contributed by atoms with E-state index in [9.17, 15) is 14.9 Å². The SMILES string of the molecule is N#CCC(C1CCCC1)n1cc(-c2[nH]c(=O)nc3c2C(=O)CN3)cn1. The molecule has 0 radical (unpaired) electrons. The van der Waals surface area contributed by atoms with Gasteiger partial charge in [0.25, 0.3) is 0 Å². The van der Waals surface area contributed by atoms with Gasteiger partial charge in [-0.15, -0.1) is 0 Å². The number of nitrogens with one attached hydrogen (secondary N) is 2. The van der Waals surface area contributed by atoms with Crippen LogP contribution in [0.2, 0.25) is 0 Å². The van der Waals surface area contributed by atoms with E-state index in [4.69, 9.17) is 0 Å². The molecule has 2 N–H and O–H groups in total. The first-order valence-corrected chi connectivity index (χ1v) is 8.50. The van der Waals surface area contributed by atoms with Gasteiger partial charge in [0.05, 0.1) is 42.5 Å². The van der Waals surface area contributed by atoms with Gasteiger partial charge >= 0.3 is 5.69 Å². The molecule has 1 atom stereocenters. The number of Topliss-reactive ketones (excluding diaryl/α,β-unsaturated/α-hetero) is 1. The largest absolute Gasteiger partial charge is 0.362 e. The molecule has 0 amide bonds. The Bertz CT molecular complexity index is 916. The summed E-state index contributed by atoms with van der Waals surface area (Å²) in [6, 6.07) is 2.28. The van der Waals surface area contributed by atoms with Gasteiger partial charge < -0.3 is 10.3 Å². The van der Waals surface area contributed by atoms with Gasteiger partial charge in [-0.2, -0.15) is 15.3 Å². The van der Waals surface area contributed by atoms with E-state index < -0.39 is 5.69 Å². The molecule has 1 fully saturated rings. The number of hydrogen-bond acceptors (Lipinski definition) is 6. The van der Waals surface area contributed by atoms with Gasteiger partial charge in [-0.05, 0) is 18.8 Å². The average Bonchev–Trinajstić information content (AvgIpc) is 3.33. The van der Waals surface area contributed by atoms with Gasteiger partial charge in [-0.3, -0.25) is 9.48 Å². The summed E-state index contributed by atoms with van der Waals surface area (Å²) in [6.07, 6.45) is 8.43. The highest BCUT2D eigenvalue weighted by Gasteiger charge is 2.29. The summed E-state index contributed by atoms with van der Waals surface area (Å²) in [6.45, 7) is 0.139. The lowest BCUT2D eigenvalue weighted by atomic mass is 9.96. The standard InChI is InChI=1S/C17H18N6O2/c18-6-5-12(10-3-1-2-4-10)23-9-11(7-20-23)15-14-13(24)8-19-16(14)22-17(25)21-15/h7,9-10,12H,1-5,8H2,(H2,19,21,22,25). The highest BCUT2D eigenvalue weighted by molar-refractivity contribution is 6.11. The van der Waals surface area contributed by atoms with Crippen molar-refractivity contribution in [3.63, 3.8) is 0 Å². The number of rotatable bonds is 4. The summed E-state index contributed by atoms with van der Waals surface area (Å²) in [5.41, 5.74) is 0.997. The Morgan fingerprint density at radius 1 is 1.36 bits per heavy atom. The highest BCUT2D eigenvalue weighted by Crippen LogP contribution is 2.37. The van der Waals surface area contributed by atoms with E-state index in [1.807, 2.05) is 10.9 Å². The Kier molecular flexibility index (Phi) is 3.84. The maximum atomic E-state index is 12.1. The molecule has 8 heteroatoms. The number of carbonyl (C=O) groups is 1. The molecular formula is C17H18N6O2. The van der Waals surface area contributed by atoms with Crippen molar-refractivity contribution < 1.29 is 4.79 Å². The summed E-state index contributed by atoms with van der Waals surface area (Å²) in [7, 11) is 0. The number of nitriles is 1. The first-order chi connectivity index (χ1) is 12.2. The van der Waals surface area contributed by atoms with Gasteiger partial charge in [0.1, 0.15) is 5.82 Å². The third-order valence-electron chi connectivity index (χ3n) is 5.10. The number of hydrogen-bond donors (Lipinski definition) is 2. The van der Waals surface area contributed by atoms with Crippen molar-refractivity contribution in [2.45, 2.75) is 38.1 Å². The van der Waals surface area contributed by atoms with E-state index in [2.05, 4.69) is 26.5 Å². The lowest BCUT2D eigenvalue weighted by Crippen LogP contribution is -2.17. The summed E-state index contributed by atoms with van der Waals surface area (Å²) in [4.78, 5) is 30.4. The molecule has 0 saturated heterocycles. The van der Waals surface area contributed by atoms with Crippen LogP contribution in [0.3, 0.4) is 0 Å². The molecule has 2 aromatic rings. The van der Waals surface area contributed by atoms with Gasteiger partial charge in [0.15, 0.2) is 5.78 Å². The third kappa shape index (κ3) is 2.71. The smallest absolute Gasteiger partial charge is 0.347 e. The van der Waals surface area contributed by atoms with Crippen LogP contribution in [0.25, 0.3) is 11.3 Å². The molecule has 1 unspecified atom stereocenters. The molecule has 3 heterocycles. The number of ketones is 1. The van der Waals surface area contributed by atoms with E-state index >= 15 is 0 Å². The van der Waals surface area contributed by atoms with E-state index in [0.717, 1.165) is 12.8 Å². The first kappa shape index (κ1) is 15.6. The summed E-state index contributed by atoms with van der Waals surface area (Å²) in [5, 5.41) is 16.5. The number of carbonyl (C=O) groups excluding carboxylic acids is 1. The van der Waals surface area contributed by atoms with Crippen LogP contribution in [0.5, 0.6) is 0 Å². The van der Waals surface area contributed by atoms with Crippen LogP contribution in [0.4, 0.5) is 5.82 Å². The van der Waals surface area contributed by atoms with Crippen molar-refractivity contribution >= 4 is 11.6 Å². The predicted octanol–water partition coefficient (Wildman–Crippen LogP) is 1.89. The summed E-state index contributed by atoms with van der Waals surface area (Å²) >= 11 is 0. The van der Waals surface area contributed by atoms with Crippen molar-refractivity contribution in [2.75, 3.05) is 11.9 Å². The molecule has 4 rings (SSSR count). The molecule has 128 valence electrons. The lowest BCUT2D eigenvalue weighted by Gasteiger charge is -2.21. The van der Waals surface area contributed by atoms with Crippen LogP contribution in [-0.4, -0.2) is 32.1 Å². The zero-order valence-electron chi connectivity index (χ0n) is 13.7. The maximum Gasteiger partial charge on any atom is 0.347 e. The van der Waals surface area contributed by atoms with Crippen LogP contribution in [0, 0.1) is 17.2 Å². The fourth-order valence-corrected chi connectivity index (χ4v) is 3.90. The Morgan fingerprint density at radius 2 is 2.16 bits per heavy atom. The van der Waals surface area contributed by atoms with Gasteiger partial charge in [0, 0.05) is 11.8 Å². The normalized spacial score (nSPS) is 18.0. The fourth-order valence-electron chi connectivity index (χ4n) is 3.90. The van der Waals surface area contributed by atoms with Gasteiger partial charge in [0.2, 0.25) is 0 Å². The topological polar surface area (TPSA) is 116 Å². The van der Waals surface area contributed by atoms with Gasteiger partial charge in [-0.1, -0.05) is 12.8 Å². The summed E-state index contributed by atoms with van der Waals surface area (Å²) < 4.78 is 1.81. The minimum absolute atomic E-state index is 0.0247. The maximum absolute atomic E-state index is 12.1. The quantitative estimate of drug-likeness (QED) is 0.879. The molecule has 0 spiro atoms. The molecule has 25 heavy (non-hydrogen) atoms. The minimum atomic E-state index is -0.506. The van der Waals surface area contributed by atoms with Crippen LogP contribution in [-0.2, 0) is 0 Å². The number of fused-ring (bicyclic) bond motifs is 1. The average molecular weight is 338 g/mol. The molecule has 0 bridgehead atoms. The van der Waals surface area contributed by atoms with E-state index in [1.165, 1.54) is 12.8 Å². The lowest BCUT2D eigenvalue weighted by molar-refractivity contribution is 0.101. The molecule has 2 aliphatic rings. The molecule has 8 nitrogen and oxygen atoms in total. The number of H-pyrrole nitrogens is 1. The van der Waals surface area contributed by atoms with E-state index in [-0.39, 0.29) is 18.4 Å². The number of anilines is 1. The highest BCUT2D eigenvalue weighted by atomic mass is 16.1. The molecule has 1 saturated carbocycles. The first-order valence-electron chi connectivity index (χ1n) is 8.50. The van der Waals surface area contributed by atoms with E-state index in [0.29, 0.717) is 35.0 Å². The van der Waals surface area contributed by atoms with Crippen LogP contribution >= 0.6 is 0 Å². The van der Waals surface area contributed by atoms with Crippen LogP contribution < -0.4 is 11.0 Å². The zero-order chi connectivity index (χ0) is 17.4. The molecule has 2 aromatic heterocycles. The number of aromatic amines is 1. The zero-order valence-corrected chi connectivity index (χ0v) is 13.7. The van der Waals surface area contributed by atoms with Crippen molar-refractivity contribution in [1.29, 1.82) is 5.26 Å². The van der Waals surface area contributed by atoms with Crippen molar-refractivity contribution in [1.82, 2.24) is 19.7 Å². The molecule has 1 aliphatic heterocycles. The van der Waals surface area contributed by atoms with Crippen molar-refractivity contribution in [2.24, 2.45) is 5.92 Å². The Balaban J connectivity index is 1.74. The molecule has 0 aromatic carbocycles. The Morgan fingerprint density at radius 3 is 2.92 bits per heavy atom. The van der Waals surface area contributed by atoms with Crippen LogP contribution in [0.1, 0.15) is 48.5 Å². The van der Waals surface area contributed by atoms with Gasteiger partial charge in [-0.25, -0.2) is 4.79 Å². The number of nitrogens with zero attached hydrogens (tertiary/aromatic N) is 4. The second-order valence-corrected chi connectivity index (χ2v) is 6.60. The monoisotopic (exact) mass is 338 g/mol. The minimum Gasteiger partial charge on any atom is -0.362 e.